The molecule has 0 saturated carbocycles. The van der Waals surface area contributed by atoms with Crippen LogP contribution in [0.25, 0.3) is 0 Å². The summed E-state index contributed by atoms with van der Waals surface area (Å²) in [6, 6.07) is 3.73. The molecule has 1 aromatic heterocycles. The summed E-state index contributed by atoms with van der Waals surface area (Å²) in [6.45, 7) is 0.612. The first kappa shape index (κ1) is 10.9. The van der Waals surface area contributed by atoms with E-state index in [-0.39, 0.29) is 12.1 Å². The molecule has 2 atom stereocenters. The standard InChI is InChI=1S/C11H14N2O3/c14-11(15)13-9-3-6-16-10(9)7-8-1-4-12-5-2-8/h1-2,4-5,9-10,13H,3,6-7H2,(H,14,15)/t9-,10?/m1/s1. The zero-order valence-corrected chi connectivity index (χ0v) is 8.80. The van der Waals surface area contributed by atoms with E-state index in [0.29, 0.717) is 13.0 Å². The summed E-state index contributed by atoms with van der Waals surface area (Å²) in [7, 11) is 0. The Hall–Kier alpha value is -1.62. The molecule has 1 fully saturated rings. The van der Waals surface area contributed by atoms with Crippen molar-refractivity contribution in [2.75, 3.05) is 6.61 Å². The largest absolute Gasteiger partial charge is 0.465 e. The number of aromatic nitrogens is 1. The van der Waals surface area contributed by atoms with Crippen LogP contribution in [-0.4, -0.2) is 34.9 Å². The van der Waals surface area contributed by atoms with Crippen LogP contribution in [0.5, 0.6) is 0 Å². The molecule has 5 nitrogen and oxygen atoms in total. The molecule has 0 radical (unpaired) electrons. The minimum Gasteiger partial charge on any atom is -0.465 e. The van der Waals surface area contributed by atoms with Crippen molar-refractivity contribution < 1.29 is 14.6 Å². The van der Waals surface area contributed by atoms with E-state index in [2.05, 4.69) is 10.3 Å². The average molecular weight is 222 g/mol. The van der Waals surface area contributed by atoms with Crippen molar-refractivity contribution in [3.8, 4) is 0 Å². The number of carboxylic acid groups (broad SMARTS) is 1. The summed E-state index contributed by atoms with van der Waals surface area (Å²) in [5, 5.41) is 11.2. The van der Waals surface area contributed by atoms with Crippen LogP contribution in [0, 0.1) is 0 Å². The van der Waals surface area contributed by atoms with Gasteiger partial charge in [-0.15, -0.1) is 0 Å². The Balaban J connectivity index is 1.96. The minimum atomic E-state index is -0.991. The first-order valence-electron chi connectivity index (χ1n) is 5.25. The maximum atomic E-state index is 10.6. The Morgan fingerprint density at radius 3 is 3.00 bits per heavy atom. The van der Waals surface area contributed by atoms with Crippen molar-refractivity contribution in [2.24, 2.45) is 0 Å². The number of nitrogens with one attached hydrogen (secondary N) is 1. The Morgan fingerprint density at radius 1 is 1.56 bits per heavy atom. The average Bonchev–Trinajstić information content (AvgIpc) is 2.66. The number of nitrogens with zero attached hydrogens (tertiary/aromatic N) is 1. The predicted molar refractivity (Wildman–Crippen MR) is 57.2 cm³/mol. The molecule has 0 aromatic carbocycles. The third-order valence-corrected chi connectivity index (χ3v) is 2.70. The lowest BCUT2D eigenvalue weighted by atomic mass is 10.0. The third kappa shape index (κ3) is 2.70. The van der Waals surface area contributed by atoms with Gasteiger partial charge >= 0.3 is 6.09 Å². The molecule has 2 N–H and O–H groups in total. The normalized spacial score (nSPS) is 24.2. The zero-order valence-electron chi connectivity index (χ0n) is 8.80. The highest BCUT2D eigenvalue weighted by molar-refractivity contribution is 5.65. The maximum Gasteiger partial charge on any atom is 0.404 e. The Morgan fingerprint density at radius 2 is 2.31 bits per heavy atom. The summed E-state index contributed by atoms with van der Waals surface area (Å²) < 4.78 is 5.52. The van der Waals surface area contributed by atoms with E-state index in [4.69, 9.17) is 9.84 Å². The molecule has 0 spiro atoms. The maximum absolute atomic E-state index is 10.6. The summed E-state index contributed by atoms with van der Waals surface area (Å²) in [5.74, 6) is 0. The van der Waals surface area contributed by atoms with Crippen molar-refractivity contribution in [1.29, 1.82) is 0 Å². The molecular weight excluding hydrogens is 208 g/mol. The molecule has 2 heterocycles. The molecule has 1 aliphatic rings. The van der Waals surface area contributed by atoms with E-state index < -0.39 is 6.09 Å². The second kappa shape index (κ2) is 4.94. The van der Waals surface area contributed by atoms with Gasteiger partial charge in [0.1, 0.15) is 0 Å². The van der Waals surface area contributed by atoms with Crippen LogP contribution < -0.4 is 5.32 Å². The van der Waals surface area contributed by atoms with Gasteiger partial charge in [-0.3, -0.25) is 4.98 Å². The zero-order chi connectivity index (χ0) is 11.4. The molecule has 5 heteroatoms. The monoisotopic (exact) mass is 222 g/mol. The fourth-order valence-corrected chi connectivity index (χ4v) is 1.92. The van der Waals surface area contributed by atoms with Crippen molar-refractivity contribution in [3.63, 3.8) is 0 Å². The Bertz CT molecular complexity index is 356. The Labute approximate surface area is 93.5 Å². The summed E-state index contributed by atoms with van der Waals surface area (Å²) >= 11 is 0. The quantitative estimate of drug-likeness (QED) is 0.801. The second-order valence-electron chi connectivity index (χ2n) is 3.81. The van der Waals surface area contributed by atoms with Crippen LogP contribution >= 0.6 is 0 Å². The molecule has 1 amide bonds. The summed E-state index contributed by atoms with van der Waals surface area (Å²) in [6.07, 6.45) is 3.84. The molecule has 86 valence electrons. The second-order valence-corrected chi connectivity index (χ2v) is 3.81. The molecule has 1 aromatic rings. The number of hydrogen-bond donors (Lipinski definition) is 2. The minimum absolute atomic E-state index is 0.0708. The van der Waals surface area contributed by atoms with E-state index in [1.54, 1.807) is 12.4 Å². The lowest BCUT2D eigenvalue weighted by Gasteiger charge is -2.18. The smallest absolute Gasteiger partial charge is 0.404 e. The van der Waals surface area contributed by atoms with Gasteiger partial charge in [0.15, 0.2) is 0 Å². The van der Waals surface area contributed by atoms with Gasteiger partial charge in [0.25, 0.3) is 0 Å². The molecule has 1 aliphatic heterocycles. The van der Waals surface area contributed by atoms with Crippen molar-refractivity contribution >= 4 is 6.09 Å². The van der Waals surface area contributed by atoms with E-state index in [1.807, 2.05) is 12.1 Å². The van der Waals surface area contributed by atoms with Gasteiger partial charge in [-0.1, -0.05) is 0 Å². The van der Waals surface area contributed by atoms with Crippen LogP contribution in [0.3, 0.4) is 0 Å². The lowest BCUT2D eigenvalue weighted by molar-refractivity contribution is 0.0971. The van der Waals surface area contributed by atoms with Gasteiger partial charge in [-0.2, -0.15) is 0 Å². The number of amides is 1. The number of ether oxygens (including phenoxy) is 1. The van der Waals surface area contributed by atoms with E-state index >= 15 is 0 Å². The van der Waals surface area contributed by atoms with Gasteiger partial charge in [0.2, 0.25) is 0 Å². The predicted octanol–water partition coefficient (Wildman–Crippen LogP) is 1.05. The van der Waals surface area contributed by atoms with Gasteiger partial charge in [-0.25, -0.2) is 4.79 Å². The van der Waals surface area contributed by atoms with Crippen LogP contribution in [0.15, 0.2) is 24.5 Å². The van der Waals surface area contributed by atoms with Gasteiger partial charge in [0, 0.05) is 25.4 Å². The van der Waals surface area contributed by atoms with Gasteiger partial charge < -0.3 is 15.2 Å². The molecule has 0 bridgehead atoms. The van der Waals surface area contributed by atoms with Crippen molar-refractivity contribution in [1.82, 2.24) is 10.3 Å². The van der Waals surface area contributed by atoms with Crippen LogP contribution in [0.1, 0.15) is 12.0 Å². The SMILES string of the molecule is O=C(O)N[C@@H]1CCOC1Cc1ccncc1. The number of pyridine rings is 1. The topological polar surface area (TPSA) is 71.5 Å². The molecule has 2 rings (SSSR count). The van der Waals surface area contributed by atoms with Crippen LogP contribution in [0.4, 0.5) is 4.79 Å². The Kier molecular flexibility index (Phi) is 3.36. The molecular formula is C11H14N2O3. The fraction of sp³-hybridized carbons (Fsp3) is 0.455. The van der Waals surface area contributed by atoms with E-state index in [1.165, 1.54) is 0 Å². The molecule has 1 unspecified atom stereocenters. The summed E-state index contributed by atoms with van der Waals surface area (Å²) in [4.78, 5) is 14.5. The molecule has 0 aliphatic carbocycles. The highest BCUT2D eigenvalue weighted by Crippen LogP contribution is 2.17. The number of carbonyl (C=O) groups is 1. The lowest BCUT2D eigenvalue weighted by Crippen LogP contribution is -2.40. The van der Waals surface area contributed by atoms with E-state index in [0.717, 1.165) is 12.0 Å². The number of hydrogen-bond acceptors (Lipinski definition) is 3. The van der Waals surface area contributed by atoms with E-state index in [9.17, 15) is 4.79 Å². The van der Waals surface area contributed by atoms with Crippen LogP contribution in [-0.2, 0) is 11.2 Å². The first-order valence-corrected chi connectivity index (χ1v) is 5.25. The molecule has 16 heavy (non-hydrogen) atoms. The van der Waals surface area contributed by atoms with Gasteiger partial charge in [-0.05, 0) is 24.1 Å². The van der Waals surface area contributed by atoms with Crippen LogP contribution in [0.2, 0.25) is 0 Å². The van der Waals surface area contributed by atoms with Gasteiger partial charge in [0.05, 0.1) is 12.1 Å². The first-order chi connectivity index (χ1) is 7.75. The number of rotatable bonds is 3. The highest BCUT2D eigenvalue weighted by atomic mass is 16.5. The van der Waals surface area contributed by atoms with Crippen molar-refractivity contribution in [3.05, 3.63) is 30.1 Å². The van der Waals surface area contributed by atoms with Crippen molar-refractivity contribution in [2.45, 2.75) is 25.0 Å². The fourth-order valence-electron chi connectivity index (χ4n) is 1.92. The summed E-state index contributed by atoms with van der Waals surface area (Å²) in [5.41, 5.74) is 1.11. The highest BCUT2D eigenvalue weighted by Gasteiger charge is 2.29. The third-order valence-electron chi connectivity index (χ3n) is 2.70. The molecule has 1 saturated heterocycles.